The third-order valence-corrected chi connectivity index (χ3v) is 3.22. The summed E-state index contributed by atoms with van der Waals surface area (Å²) in [4.78, 5) is 29.2. The highest BCUT2D eigenvalue weighted by Crippen LogP contribution is 2.24. The lowest BCUT2D eigenvalue weighted by Crippen LogP contribution is -2.19. The summed E-state index contributed by atoms with van der Waals surface area (Å²) >= 11 is 3.30. The van der Waals surface area contributed by atoms with Crippen molar-refractivity contribution in [1.29, 1.82) is 0 Å². The first-order valence-corrected chi connectivity index (χ1v) is 6.44. The molecule has 0 fully saturated rings. The van der Waals surface area contributed by atoms with Gasteiger partial charge >= 0.3 is 11.7 Å². The highest BCUT2D eigenvalue weighted by molar-refractivity contribution is 9.10. The molecule has 6 heteroatoms. The van der Waals surface area contributed by atoms with Crippen LogP contribution in [0, 0.1) is 0 Å². The number of carboxylic acid groups (broad SMARTS) is 1. The van der Waals surface area contributed by atoms with Crippen molar-refractivity contribution in [2.24, 2.45) is 0 Å². The fraction of sp³-hybridized carbons (Fsp3) is 0.154. The molecule has 1 heterocycles. The summed E-state index contributed by atoms with van der Waals surface area (Å²) in [6.45, 7) is 1.78. The van der Waals surface area contributed by atoms with Gasteiger partial charge in [-0.3, -0.25) is 0 Å². The molecular weight excluding hydrogens is 312 g/mol. The maximum absolute atomic E-state index is 11.5. The van der Waals surface area contributed by atoms with Crippen molar-refractivity contribution in [2.45, 2.75) is 13.3 Å². The molecule has 2 N–H and O–H groups in total. The number of nitrogens with one attached hydrogen (secondary N) is 1. The Hall–Kier alpha value is -1.95. The third-order valence-electron chi connectivity index (χ3n) is 2.69. The number of carbonyl (C=O) groups is 1. The molecule has 2 aromatic rings. The van der Waals surface area contributed by atoms with Gasteiger partial charge in [-0.25, -0.2) is 9.59 Å². The minimum atomic E-state index is -1.10. The van der Waals surface area contributed by atoms with Crippen LogP contribution in [0.3, 0.4) is 0 Å². The summed E-state index contributed by atoms with van der Waals surface area (Å²) in [6, 6.07) is 6.99. The van der Waals surface area contributed by atoms with Crippen LogP contribution in [0.2, 0.25) is 0 Å². The zero-order valence-electron chi connectivity index (χ0n) is 10.1. The number of aromatic amines is 1. The maximum Gasteiger partial charge on any atom is 0.345 e. The van der Waals surface area contributed by atoms with Crippen LogP contribution in [0.15, 0.2) is 33.5 Å². The average molecular weight is 323 g/mol. The molecule has 0 radical (unpaired) electrons. The molecule has 0 aliphatic rings. The van der Waals surface area contributed by atoms with Crippen molar-refractivity contribution in [3.63, 3.8) is 0 Å². The van der Waals surface area contributed by atoms with Gasteiger partial charge in [-0.15, -0.1) is 0 Å². The Morgan fingerprint density at radius 2 is 2.00 bits per heavy atom. The third kappa shape index (κ3) is 2.73. The van der Waals surface area contributed by atoms with E-state index in [2.05, 4.69) is 25.9 Å². The molecule has 0 aliphatic heterocycles. The van der Waals surface area contributed by atoms with E-state index in [0.29, 0.717) is 17.7 Å². The quantitative estimate of drug-likeness (QED) is 0.909. The van der Waals surface area contributed by atoms with Crippen LogP contribution < -0.4 is 5.69 Å². The van der Waals surface area contributed by atoms with Gasteiger partial charge in [0.2, 0.25) is 0 Å². The minimum absolute atomic E-state index is 0.0458. The van der Waals surface area contributed by atoms with Gasteiger partial charge < -0.3 is 10.1 Å². The van der Waals surface area contributed by atoms with Crippen molar-refractivity contribution in [2.75, 3.05) is 0 Å². The highest BCUT2D eigenvalue weighted by Gasteiger charge is 2.19. The molecule has 0 unspecified atom stereocenters. The number of halogens is 1. The zero-order chi connectivity index (χ0) is 14.0. The van der Waals surface area contributed by atoms with Gasteiger partial charge in [-0.2, -0.15) is 4.98 Å². The molecule has 0 atom stereocenters. The summed E-state index contributed by atoms with van der Waals surface area (Å²) in [7, 11) is 0. The summed E-state index contributed by atoms with van der Waals surface area (Å²) in [5.74, 6) is -1.10. The summed E-state index contributed by atoms with van der Waals surface area (Å²) in [5, 5.41) is 9.31. The topological polar surface area (TPSA) is 83.0 Å². The predicted molar refractivity (Wildman–Crippen MR) is 74.3 cm³/mol. The van der Waals surface area contributed by atoms with E-state index in [1.807, 2.05) is 0 Å². The maximum atomic E-state index is 11.5. The number of aryl methyl sites for hydroxylation is 1. The lowest BCUT2D eigenvalue weighted by molar-refractivity contribution is 0.0695. The molecule has 0 aliphatic carbocycles. The van der Waals surface area contributed by atoms with Crippen molar-refractivity contribution < 1.29 is 9.90 Å². The van der Waals surface area contributed by atoms with E-state index >= 15 is 0 Å². The Labute approximate surface area is 117 Å². The van der Waals surface area contributed by atoms with Crippen LogP contribution in [0.5, 0.6) is 0 Å². The molecule has 1 aromatic heterocycles. The first-order valence-electron chi connectivity index (χ1n) is 5.65. The van der Waals surface area contributed by atoms with E-state index in [1.165, 1.54) is 0 Å². The number of nitrogens with zero attached hydrogens (tertiary/aromatic N) is 1. The lowest BCUT2D eigenvalue weighted by atomic mass is 10.0. The summed E-state index contributed by atoms with van der Waals surface area (Å²) in [6.07, 6.45) is 0.420. The van der Waals surface area contributed by atoms with E-state index < -0.39 is 11.7 Å². The van der Waals surface area contributed by atoms with Gasteiger partial charge in [-0.05, 0) is 18.6 Å². The molecule has 19 heavy (non-hydrogen) atoms. The molecule has 0 bridgehead atoms. The van der Waals surface area contributed by atoms with Crippen LogP contribution in [0.25, 0.3) is 11.3 Å². The summed E-state index contributed by atoms with van der Waals surface area (Å²) in [5.41, 5.74) is 0.677. The van der Waals surface area contributed by atoms with E-state index in [0.717, 1.165) is 4.47 Å². The van der Waals surface area contributed by atoms with E-state index in [4.69, 9.17) is 0 Å². The Balaban J connectivity index is 2.74. The summed E-state index contributed by atoms with van der Waals surface area (Å²) < 4.78 is 0.869. The number of hydrogen-bond donors (Lipinski definition) is 2. The normalized spacial score (nSPS) is 10.4. The SMILES string of the molecule is CCc1[nH]c(=O)nc(-c2ccc(Br)cc2)c1C(=O)O. The van der Waals surface area contributed by atoms with E-state index in [1.54, 1.807) is 31.2 Å². The van der Waals surface area contributed by atoms with Crippen LogP contribution in [-0.4, -0.2) is 21.0 Å². The Morgan fingerprint density at radius 3 is 2.53 bits per heavy atom. The molecule has 2 rings (SSSR count). The molecule has 0 spiro atoms. The Kier molecular flexibility index (Phi) is 3.80. The van der Waals surface area contributed by atoms with Crippen molar-refractivity contribution >= 4 is 21.9 Å². The highest BCUT2D eigenvalue weighted by atomic mass is 79.9. The molecule has 0 amide bonds. The molecule has 0 saturated heterocycles. The first kappa shape index (κ1) is 13.5. The molecule has 5 nitrogen and oxygen atoms in total. The standard InChI is InChI=1S/C13H11BrN2O3/c1-2-9-10(12(17)18)11(16-13(19)15-9)7-3-5-8(14)6-4-7/h3-6H,2H2,1H3,(H,17,18)(H,15,16,19). The number of carboxylic acids is 1. The number of benzene rings is 1. The van der Waals surface area contributed by atoms with Crippen molar-refractivity contribution in [1.82, 2.24) is 9.97 Å². The fourth-order valence-electron chi connectivity index (χ4n) is 1.83. The Bertz CT molecular complexity index is 677. The molecule has 98 valence electrons. The zero-order valence-corrected chi connectivity index (χ0v) is 11.7. The van der Waals surface area contributed by atoms with Gasteiger partial charge in [0.05, 0.1) is 5.69 Å². The average Bonchev–Trinajstić information content (AvgIpc) is 2.38. The number of H-pyrrole nitrogens is 1. The second kappa shape index (κ2) is 5.36. The van der Waals surface area contributed by atoms with Crippen LogP contribution in [-0.2, 0) is 6.42 Å². The number of aromatic nitrogens is 2. The van der Waals surface area contributed by atoms with Gasteiger partial charge in [-0.1, -0.05) is 35.0 Å². The number of rotatable bonds is 3. The fourth-order valence-corrected chi connectivity index (χ4v) is 2.10. The van der Waals surface area contributed by atoms with Crippen molar-refractivity contribution in [3.8, 4) is 11.3 Å². The predicted octanol–water partition coefficient (Wildman–Crippen LogP) is 2.46. The van der Waals surface area contributed by atoms with Crippen molar-refractivity contribution in [3.05, 3.63) is 50.5 Å². The van der Waals surface area contributed by atoms with E-state index in [-0.39, 0.29) is 11.3 Å². The van der Waals surface area contributed by atoms with Gasteiger partial charge in [0, 0.05) is 15.7 Å². The number of hydrogen-bond acceptors (Lipinski definition) is 3. The van der Waals surface area contributed by atoms with Gasteiger partial charge in [0.25, 0.3) is 0 Å². The molecular formula is C13H11BrN2O3. The number of aromatic carboxylic acids is 1. The van der Waals surface area contributed by atoms with E-state index in [9.17, 15) is 14.7 Å². The smallest absolute Gasteiger partial charge is 0.345 e. The van der Waals surface area contributed by atoms with Crippen LogP contribution in [0.1, 0.15) is 23.0 Å². The van der Waals surface area contributed by atoms with Crippen LogP contribution >= 0.6 is 15.9 Å². The monoisotopic (exact) mass is 322 g/mol. The minimum Gasteiger partial charge on any atom is -0.478 e. The Morgan fingerprint density at radius 1 is 1.37 bits per heavy atom. The second-order valence-corrected chi connectivity index (χ2v) is 4.83. The van der Waals surface area contributed by atoms with Gasteiger partial charge in [0.1, 0.15) is 5.56 Å². The van der Waals surface area contributed by atoms with Gasteiger partial charge in [0.15, 0.2) is 0 Å². The second-order valence-electron chi connectivity index (χ2n) is 3.91. The molecule has 0 saturated carbocycles. The first-order chi connectivity index (χ1) is 9.02. The molecule has 1 aromatic carbocycles. The van der Waals surface area contributed by atoms with Crippen LogP contribution in [0.4, 0.5) is 0 Å². The largest absolute Gasteiger partial charge is 0.478 e. The lowest BCUT2D eigenvalue weighted by Gasteiger charge is -2.09.